The molecule has 0 bridgehead atoms. The minimum atomic E-state index is -1.06. The van der Waals surface area contributed by atoms with Gasteiger partial charge in [-0.15, -0.1) is 0 Å². The molecule has 0 aliphatic heterocycles. The summed E-state index contributed by atoms with van der Waals surface area (Å²) < 4.78 is 5.27. The quantitative estimate of drug-likeness (QED) is 0.692. The smallest absolute Gasteiger partial charge is 0.341 e. The number of aliphatic carboxylic acids is 1. The van der Waals surface area contributed by atoms with Gasteiger partial charge in [0.15, 0.2) is 6.61 Å². The molecule has 7 nitrogen and oxygen atoms in total. The van der Waals surface area contributed by atoms with Crippen molar-refractivity contribution in [3.05, 3.63) is 64.2 Å². The fourth-order valence-electron chi connectivity index (χ4n) is 2.69. The number of rotatable bonds is 7. The third-order valence-electron chi connectivity index (χ3n) is 3.93. The van der Waals surface area contributed by atoms with Crippen LogP contribution in [0.4, 0.5) is 0 Å². The van der Waals surface area contributed by atoms with Crippen molar-refractivity contribution in [1.82, 2.24) is 10.6 Å². The van der Waals surface area contributed by atoms with Gasteiger partial charge in [0.25, 0.3) is 11.8 Å². The first-order valence-electron chi connectivity index (χ1n) is 8.37. The van der Waals surface area contributed by atoms with E-state index in [4.69, 9.17) is 9.84 Å². The lowest BCUT2D eigenvalue weighted by Crippen LogP contribution is -2.24. The molecule has 2 amide bonds. The molecule has 3 N–H and O–H groups in total. The highest BCUT2D eigenvalue weighted by Crippen LogP contribution is 2.25. The van der Waals surface area contributed by atoms with E-state index >= 15 is 0 Å². The molecule has 0 atom stereocenters. The van der Waals surface area contributed by atoms with E-state index in [0.29, 0.717) is 28.0 Å². The molecule has 142 valence electrons. The van der Waals surface area contributed by atoms with Crippen LogP contribution in [-0.2, 0) is 11.3 Å². The van der Waals surface area contributed by atoms with Crippen molar-refractivity contribution in [3.63, 3.8) is 0 Å². The number of nitrogens with one attached hydrogen (secondary N) is 2. The monoisotopic (exact) mass is 370 g/mol. The van der Waals surface area contributed by atoms with Crippen LogP contribution in [0.5, 0.6) is 5.75 Å². The first-order valence-corrected chi connectivity index (χ1v) is 8.37. The van der Waals surface area contributed by atoms with Crippen molar-refractivity contribution >= 4 is 17.8 Å². The number of ether oxygens (including phenoxy) is 1. The Bertz CT molecular complexity index is 853. The molecular weight excluding hydrogens is 348 g/mol. The molecule has 0 unspecified atom stereocenters. The van der Waals surface area contributed by atoms with Crippen LogP contribution in [0.2, 0.25) is 0 Å². The van der Waals surface area contributed by atoms with Crippen molar-refractivity contribution < 1.29 is 24.2 Å². The van der Waals surface area contributed by atoms with Crippen LogP contribution in [0.3, 0.4) is 0 Å². The Hall–Kier alpha value is -3.35. The Morgan fingerprint density at radius 2 is 1.67 bits per heavy atom. The van der Waals surface area contributed by atoms with E-state index in [2.05, 4.69) is 10.6 Å². The second-order valence-corrected chi connectivity index (χ2v) is 6.08. The lowest BCUT2D eigenvalue weighted by atomic mass is 10.0. The number of carboxylic acid groups (broad SMARTS) is 1. The summed E-state index contributed by atoms with van der Waals surface area (Å²) in [6.45, 7) is 3.36. The van der Waals surface area contributed by atoms with Gasteiger partial charge in [-0.1, -0.05) is 12.1 Å². The Morgan fingerprint density at radius 3 is 2.26 bits per heavy atom. The molecule has 0 heterocycles. The van der Waals surface area contributed by atoms with Gasteiger partial charge < -0.3 is 20.5 Å². The van der Waals surface area contributed by atoms with Crippen molar-refractivity contribution in [1.29, 1.82) is 0 Å². The van der Waals surface area contributed by atoms with E-state index in [1.807, 2.05) is 6.07 Å². The average Bonchev–Trinajstić information content (AvgIpc) is 2.64. The lowest BCUT2D eigenvalue weighted by molar-refractivity contribution is -0.139. The molecule has 2 aromatic rings. The predicted octanol–water partition coefficient (Wildman–Crippen LogP) is 2.06. The number of carboxylic acids is 1. The van der Waals surface area contributed by atoms with Gasteiger partial charge in [-0.2, -0.15) is 0 Å². The highest BCUT2D eigenvalue weighted by Gasteiger charge is 2.13. The van der Waals surface area contributed by atoms with E-state index in [0.717, 1.165) is 5.56 Å². The summed E-state index contributed by atoms with van der Waals surface area (Å²) in [6.07, 6.45) is 0. The molecule has 0 radical (unpaired) electrons. The highest BCUT2D eigenvalue weighted by molar-refractivity contribution is 5.95. The molecule has 2 aromatic carbocycles. The molecule has 0 aromatic heterocycles. The summed E-state index contributed by atoms with van der Waals surface area (Å²) in [7, 11) is 1.56. The van der Waals surface area contributed by atoms with Crippen molar-refractivity contribution in [2.75, 3.05) is 13.7 Å². The van der Waals surface area contributed by atoms with E-state index < -0.39 is 12.6 Å². The predicted molar refractivity (Wildman–Crippen MR) is 100 cm³/mol. The van der Waals surface area contributed by atoms with Gasteiger partial charge in [-0.3, -0.25) is 9.59 Å². The van der Waals surface area contributed by atoms with Crippen LogP contribution in [0.1, 0.15) is 37.4 Å². The Morgan fingerprint density at radius 1 is 1.00 bits per heavy atom. The first-order chi connectivity index (χ1) is 12.8. The van der Waals surface area contributed by atoms with Crippen LogP contribution in [0, 0.1) is 13.8 Å². The van der Waals surface area contributed by atoms with E-state index in [1.165, 1.54) is 0 Å². The van der Waals surface area contributed by atoms with Gasteiger partial charge in [-0.05, 0) is 54.8 Å². The summed E-state index contributed by atoms with van der Waals surface area (Å²) in [5.74, 6) is -1.05. The van der Waals surface area contributed by atoms with Crippen LogP contribution in [0.15, 0.2) is 36.4 Å². The molecule has 0 aliphatic carbocycles. The number of amides is 2. The van der Waals surface area contributed by atoms with Crippen LogP contribution < -0.4 is 15.4 Å². The average molecular weight is 370 g/mol. The van der Waals surface area contributed by atoms with Crippen LogP contribution in [0.25, 0.3) is 0 Å². The Labute approximate surface area is 157 Å². The maximum atomic E-state index is 12.4. The van der Waals surface area contributed by atoms with Crippen molar-refractivity contribution in [2.45, 2.75) is 20.4 Å². The molecule has 0 saturated heterocycles. The fourth-order valence-corrected chi connectivity index (χ4v) is 2.69. The maximum Gasteiger partial charge on any atom is 0.341 e. The van der Waals surface area contributed by atoms with E-state index in [1.54, 1.807) is 51.2 Å². The first kappa shape index (κ1) is 20.0. The lowest BCUT2D eigenvalue weighted by Gasteiger charge is -2.13. The van der Waals surface area contributed by atoms with Crippen LogP contribution >= 0.6 is 0 Å². The van der Waals surface area contributed by atoms with Crippen molar-refractivity contribution in [2.24, 2.45) is 0 Å². The zero-order chi connectivity index (χ0) is 20.0. The van der Waals surface area contributed by atoms with Gasteiger partial charge in [-0.25, -0.2) is 4.79 Å². The summed E-state index contributed by atoms with van der Waals surface area (Å²) >= 11 is 0. The van der Waals surface area contributed by atoms with Gasteiger partial charge in [0.05, 0.1) is 0 Å². The molecule has 7 heteroatoms. The molecule has 0 aliphatic rings. The zero-order valence-corrected chi connectivity index (χ0v) is 15.5. The number of carbonyl (C=O) groups excluding carboxylic acids is 2. The summed E-state index contributed by atoms with van der Waals surface area (Å²) in [6, 6.07) is 10.3. The van der Waals surface area contributed by atoms with Crippen molar-refractivity contribution in [3.8, 4) is 5.75 Å². The second kappa shape index (κ2) is 8.84. The van der Waals surface area contributed by atoms with Gasteiger partial charge >= 0.3 is 5.97 Å². The standard InChI is InChI=1S/C20H22N2O5/c1-12-7-16(8-13(2)18(12)27-11-17(23)24)20(26)22-10-14-5-4-6-15(9-14)19(25)21-3/h4-9H,10-11H2,1-3H3,(H,21,25)(H,22,26)(H,23,24). The molecule has 2 rings (SSSR count). The molecule has 0 spiro atoms. The summed E-state index contributed by atoms with van der Waals surface area (Å²) in [5.41, 5.74) is 3.15. The molecule has 0 fully saturated rings. The summed E-state index contributed by atoms with van der Waals surface area (Å²) in [5, 5.41) is 14.1. The number of benzene rings is 2. The van der Waals surface area contributed by atoms with Crippen LogP contribution in [-0.4, -0.2) is 36.5 Å². The fraction of sp³-hybridized carbons (Fsp3) is 0.250. The molecule has 27 heavy (non-hydrogen) atoms. The minimum absolute atomic E-state index is 0.189. The third kappa shape index (κ3) is 5.31. The maximum absolute atomic E-state index is 12.4. The largest absolute Gasteiger partial charge is 0.481 e. The zero-order valence-electron chi connectivity index (χ0n) is 15.5. The summed E-state index contributed by atoms with van der Waals surface area (Å²) in [4.78, 5) is 34.8. The number of aryl methyl sites for hydroxylation is 2. The number of carbonyl (C=O) groups is 3. The Kier molecular flexibility index (Phi) is 6.54. The molecular formula is C20H22N2O5. The highest BCUT2D eigenvalue weighted by atomic mass is 16.5. The van der Waals surface area contributed by atoms with Gasteiger partial charge in [0, 0.05) is 24.7 Å². The van der Waals surface area contributed by atoms with Gasteiger partial charge in [0.1, 0.15) is 5.75 Å². The topological polar surface area (TPSA) is 105 Å². The van der Waals surface area contributed by atoms with E-state index in [-0.39, 0.29) is 18.4 Å². The SMILES string of the molecule is CNC(=O)c1cccc(CNC(=O)c2cc(C)c(OCC(=O)O)c(C)c2)c1. The number of hydrogen-bond donors (Lipinski definition) is 3. The number of hydrogen-bond acceptors (Lipinski definition) is 4. The third-order valence-corrected chi connectivity index (χ3v) is 3.93. The Balaban J connectivity index is 2.08. The minimum Gasteiger partial charge on any atom is -0.481 e. The van der Waals surface area contributed by atoms with E-state index in [9.17, 15) is 14.4 Å². The van der Waals surface area contributed by atoms with Gasteiger partial charge in [0.2, 0.25) is 0 Å². The second-order valence-electron chi connectivity index (χ2n) is 6.08. The molecule has 0 saturated carbocycles. The normalized spacial score (nSPS) is 10.2.